The first-order valence-electron chi connectivity index (χ1n) is 17.1. The van der Waals surface area contributed by atoms with Gasteiger partial charge in [0.1, 0.15) is 29.4 Å². The van der Waals surface area contributed by atoms with Crippen molar-refractivity contribution >= 4 is 29.5 Å². The van der Waals surface area contributed by atoms with E-state index >= 15 is 0 Å². The molecule has 13 nitrogen and oxygen atoms in total. The van der Waals surface area contributed by atoms with Crippen LogP contribution in [-0.4, -0.2) is 83.8 Å². The maximum atomic E-state index is 14.1. The van der Waals surface area contributed by atoms with Crippen LogP contribution in [0.25, 0.3) is 0 Å². The van der Waals surface area contributed by atoms with Gasteiger partial charge in [-0.05, 0) is 80.2 Å². The summed E-state index contributed by atoms with van der Waals surface area (Å²) in [4.78, 5) is 85.8. The number of pyridine rings is 1. The Morgan fingerprint density at radius 3 is 2.20 bits per heavy atom. The molecule has 1 aliphatic heterocycles. The molecule has 13 heteroatoms. The lowest BCUT2D eigenvalue weighted by Gasteiger charge is -2.31. The molecule has 4 atom stereocenters. The number of aromatic amines is 1. The van der Waals surface area contributed by atoms with Crippen molar-refractivity contribution in [2.75, 3.05) is 20.2 Å². The van der Waals surface area contributed by atoms with Gasteiger partial charge in [0.2, 0.25) is 23.6 Å². The molecule has 2 aliphatic rings. The summed E-state index contributed by atoms with van der Waals surface area (Å²) >= 11 is 0. The van der Waals surface area contributed by atoms with Gasteiger partial charge in [0.15, 0.2) is 0 Å². The van der Waals surface area contributed by atoms with Crippen molar-refractivity contribution < 1.29 is 28.7 Å². The van der Waals surface area contributed by atoms with Gasteiger partial charge in [-0.15, -0.1) is 0 Å². The van der Waals surface area contributed by atoms with Crippen molar-refractivity contribution in [1.29, 1.82) is 0 Å². The molecule has 0 saturated carbocycles. The molecule has 49 heavy (non-hydrogen) atoms. The summed E-state index contributed by atoms with van der Waals surface area (Å²) in [6.07, 6.45) is 3.72. The standard InChI is InChI=1S/C36H50N6O7/c1-20(2)15-28-35(47)40-29(16-23-11-13-25(49-6)14-12-23)34(46)37-22(5)32(44)41-30(21(3)4)18-42(19-31(43)38-28)36(48)26-17-24-9-7-8-10-27(24)39-33(26)45/h11-14,17,20-22,28-30H,7-10,15-16,18-19H2,1-6H3,(H,37,46)(H,38,43)(H,39,45)(H,40,47)(H,41,44)/t22-,28+,29+,30-/m1/s1. The molecule has 1 aromatic heterocycles. The minimum atomic E-state index is -1.07. The summed E-state index contributed by atoms with van der Waals surface area (Å²) in [5.41, 5.74) is 1.83. The summed E-state index contributed by atoms with van der Waals surface area (Å²) in [7, 11) is 1.55. The third-order valence-electron chi connectivity index (χ3n) is 9.08. The monoisotopic (exact) mass is 678 g/mol. The first kappa shape index (κ1) is 37.1. The fraction of sp³-hybridized carbons (Fsp3) is 0.556. The molecule has 5 N–H and O–H groups in total. The Balaban J connectivity index is 1.69. The van der Waals surface area contributed by atoms with Gasteiger partial charge in [-0.25, -0.2) is 0 Å². The summed E-state index contributed by atoms with van der Waals surface area (Å²) in [6, 6.07) is 4.95. The van der Waals surface area contributed by atoms with Crippen LogP contribution in [0, 0.1) is 11.8 Å². The lowest BCUT2D eigenvalue weighted by atomic mass is 9.94. The van der Waals surface area contributed by atoms with Crippen LogP contribution in [0.2, 0.25) is 0 Å². The van der Waals surface area contributed by atoms with Gasteiger partial charge in [-0.2, -0.15) is 0 Å². The Kier molecular flexibility index (Phi) is 12.6. The van der Waals surface area contributed by atoms with E-state index in [2.05, 4.69) is 26.3 Å². The topological polar surface area (TPSA) is 179 Å². The van der Waals surface area contributed by atoms with E-state index in [-0.39, 0.29) is 36.8 Å². The largest absolute Gasteiger partial charge is 0.497 e. The van der Waals surface area contributed by atoms with Crippen molar-refractivity contribution in [2.45, 2.75) is 97.3 Å². The van der Waals surface area contributed by atoms with E-state index in [0.717, 1.165) is 42.5 Å². The molecule has 0 unspecified atom stereocenters. The molecule has 266 valence electrons. The Morgan fingerprint density at radius 1 is 0.878 bits per heavy atom. The molecule has 1 saturated heterocycles. The van der Waals surface area contributed by atoms with Gasteiger partial charge in [0.05, 0.1) is 13.7 Å². The average Bonchev–Trinajstić information content (AvgIpc) is 3.05. The Bertz CT molecular complexity index is 1590. The number of carbonyl (C=O) groups excluding carboxylic acids is 5. The van der Waals surface area contributed by atoms with Gasteiger partial charge < -0.3 is 35.9 Å². The number of aryl methyl sites for hydroxylation is 2. The number of aromatic nitrogens is 1. The highest BCUT2D eigenvalue weighted by Crippen LogP contribution is 2.20. The Hall–Kier alpha value is -4.68. The molecule has 0 bridgehead atoms. The van der Waals surface area contributed by atoms with E-state index in [9.17, 15) is 28.8 Å². The number of benzene rings is 1. The number of amides is 5. The predicted molar refractivity (Wildman–Crippen MR) is 184 cm³/mol. The molecule has 1 fully saturated rings. The third-order valence-corrected chi connectivity index (χ3v) is 9.08. The number of H-pyrrole nitrogens is 1. The van der Waals surface area contributed by atoms with E-state index < -0.39 is 65.8 Å². The minimum absolute atomic E-state index is 0.00838. The van der Waals surface area contributed by atoms with Gasteiger partial charge in [-0.1, -0.05) is 39.8 Å². The zero-order valence-electron chi connectivity index (χ0n) is 29.3. The summed E-state index contributed by atoms with van der Waals surface area (Å²) in [5, 5.41) is 11.2. The number of hydrogen-bond acceptors (Lipinski definition) is 7. The number of methoxy groups -OCH3 is 1. The maximum Gasteiger partial charge on any atom is 0.261 e. The summed E-state index contributed by atoms with van der Waals surface area (Å²) < 4.78 is 5.23. The van der Waals surface area contributed by atoms with Crippen molar-refractivity contribution in [2.24, 2.45) is 11.8 Å². The second kappa shape index (κ2) is 16.6. The van der Waals surface area contributed by atoms with Gasteiger partial charge in [0.25, 0.3) is 11.5 Å². The fourth-order valence-electron chi connectivity index (χ4n) is 6.17. The molecule has 0 radical (unpaired) electrons. The maximum absolute atomic E-state index is 14.1. The fourth-order valence-corrected chi connectivity index (χ4v) is 6.17. The molecule has 0 spiro atoms. The van der Waals surface area contributed by atoms with Gasteiger partial charge >= 0.3 is 0 Å². The molecule has 2 heterocycles. The lowest BCUT2D eigenvalue weighted by molar-refractivity contribution is -0.133. The molecular weight excluding hydrogens is 628 g/mol. The highest BCUT2D eigenvalue weighted by molar-refractivity contribution is 5.98. The number of nitrogens with one attached hydrogen (secondary N) is 5. The Labute approximate surface area is 287 Å². The van der Waals surface area contributed by atoms with Crippen molar-refractivity contribution in [3.8, 4) is 5.75 Å². The molecule has 2 aromatic rings. The van der Waals surface area contributed by atoms with E-state index in [4.69, 9.17) is 4.74 Å². The van der Waals surface area contributed by atoms with Crippen LogP contribution >= 0.6 is 0 Å². The zero-order chi connectivity index (χ0) is 35.8. The van der Waals surface area contributed by atoms with Crippen LogP contribution in [-0.2, 0) is 38.4 Å². The highest BCUT2D eigenvalue weighted by Gasteiger charge is 2.33. The highest BCUT2D eigenvalue weighted by atomic mass is 16.5. The molecular formula is C36H50N6O7. The van der Waals surface area contributed by atoms with Crippen molar-refractivity contribution in [3.63, 3.8) is 0 Å². The molecule has 4 rings (SSSR count). The number of nitrogens with zero attached hydrogens (tertiary/aromatic N) is 1. The summed E-state index contributed by atoms with van der Waals surface area (Å²) in [6.45, 7) is 8.52. The Morgan fingerprint density at radius 2 is 1.55 bits per heavy atom. The van der Waals surface area contributed by atoms with E-state index in [0.29, 0.717) is 5.75 Å². The van der Waals surface area contributed by atoms with Crippen LogP contribution in [0.3, 0.4) is 0 Å². The second-order valence-electron chi connectivity index (χ2n) is 13.9. The normalized spacial score (nSPS) is 22.7. The molecule has 5 amide bonds. The first-order valence-corrected chi connectivity index (χ1v) is 17.1. The van der Waals surface area contributed by atoms with Gasteiger partial charge in [-0.3, -0.25) is 28.8 Å². The number of ether oxygens (including phenoxy) is 1. The van der Waals surface area contributed by atoms with Crippen LogP contribution in [0.1, 0.15) is 81.1 Å². The second-order valence-corrected chi connectivity index (χ2v) is 13.9. The van der Waals surface area contributed by atoms with Crippen molar-refractivity contribution in [3.05, 3.63) is 63.1 Å². The van der Waals surface area contributed by atoms with E-state index in [1.165, 1.54) is 11.8 Å². The van der Waals surface area contributed by atoms with Crippen LogP contribution < -0.4 is 31.6 Å². The average molecular weight is 679 g/mol. The minimum Gasteiger partial charge on any atom is -0.497 e. The lowest BCUT2D eigenvalue weighted by Crippen LogP contribution is -2.57. The number of rotatable bonds is 7. The quantitative estimate of drug-likeness (QED) is 0.295. The zero-order valence-corrected chi connectivity index (χ0v) is 29.3. The van der Waals surface area contributed by atoms with Crippen LogP contribution in [0.4, 0.5) is 0 Å². The van der Waals surface area contributed by atoms with Crippen LogP contribution in [0.15, 0.2) is 35.1 Å². The molecule has 1 aromatic carbocycles. The van der Waals surface area contributed by atoms with E-state index in [1.54, 1.807) is 37.4 Å². The summed E-state index contributed by atoms with van der Waals surface area (Å²) in [5.74, 6) is -2.48. The van der Waals surface area contributed by atoms with Gasteiger partial charge in [0, 0.05) is 24.7 Å². The SMILES string of the molecule is COc1ccc(C[C@@H]2NC(=O)[C@H](CC(C)C)NC(=O)CN(C(=O)c3cc4c([nH]c3=O)CCCC4)C[C@H](C(C)C)NC(=O)[C@@H](C)NC2=O)cc1. The smallest absolute Gasteiger partial charge is 0.261 e. The molecule has 1 aliphatic carbocycles. The van der Waals surface area contributed by atoms with E-state index in [1.807, 2.05) is 27.7 Å². The van der Waals surface area contributed by atoms with Crippen LogP contribution in [0.5, 0.6) is 5.75 Å². The number of carbonyl (C=O) groups is 5. The van der Waals surface area contributed by atoms with Crippen molar-refractivity contribution in [1.82, 2.24) is 31.2 Å². The number of fused-ring (bicyclic) bond motifs is 1. The first-order chi connectivity index (χ1) is 23.2. The predicted octanol–water partition coefficient (Wildman–Crippen LogP) is 1.62. The number of hydrogen-bond donors (Lipinski definition) is 5. The third kappa shape index (κ3) is 9.93.